The molecule has 0 radical (unpaired) electrons. The number of unbranched alkanes of at least 4 members (excludes halogenated alkanes) is 1. The third kappa shape index (κ3) is 6.16. The van der Waals surface area contributed by atoms with Gasteiger partial charge in [0.05, 0.1) is 27.4 Å². The van der Waals surface area contributed by atoms with Gasteiger partial charge in [-0.25, -0.2) is 8.93 Å². The van der Waals surface area contributed by atoms with Crippen LogP contribution in [0.5, 0.6) is 0 Å². The van der Waals surface area contributed by atoms with Crippen LogP contribution >= 0.6 is 0 Å². The molecule has 0 unspecified atom stereocenters. The van der Waals surface area contributed by atoms with Crippen molar-refractivity contribution in [3.63, 3.8) is 0 Å². The monoisotopic (exact) mass is 413 g/mol. The summed E-state index contributed by atoms with van der Waals surface area (Å²) in [6.45, 7) is 19.7. The van der Waals surface area contributed by atoms with Crippen molar-refractivity contribution >= 4 is 19.3 Å². The van der Waals surface area contributed by atoms with Gasteiger partial charge in [0.25, 0.3) is 0 Å². The van der Waals surface area contributed by atoms with E-state index in [2.05, 4.69) is 51.4 Å². The van der Waals surface area contributed by atoms with Gasteiger partial charge in [-0.15, -0.1) is 6.42 Å². The largest absolute Gasteiger partial charge is 0.414 e. The summed E-state index contributed by atoms with van der Waals surface area (Å²) in [5.41, 5.74) is -0.543. The Balaban J connectivity index is 3.22. The second-order valence-corrected chi connectivity index (χ2v) is 17.4. The molecule has 0 amide bonds. The van der Waals surface area contributed by atoms with Gasteiger partial charge in [0.2, 0.25) is 0 Å². The highest BCUT2D eigenvalue weighted by molar-refractivity contribution is 7.84. The van der Waals surface area contributed by atoms with Crippen LogP contribution in [0.15, 0.2) is 0 Å². The highest BCUT2D eigenvalue weighted by Crippen LogP contribution is 2.44. The van der Waals surface area contributed by atoms with E-state index < -0.39 is 24.8 Å². The second-order valence-electron chi connectivity index (χ2n) is 10.7. The summed E-state index contributed by atoms with van der Waals surface area (Å²) in [7, 11) is -3.09. The minimum absolute atomic E-state index is 0.145. The summed E-state index contributed by atoms with van der Waals surface area (Å²) < 4.78 is 22.9. The van der Waals surface area contributed by atoms with Gasteiger partial charge in [-0.2, -0.15) is 0 Å². The van der Waals surface area contributed by atoms with E-state index in [1.807, 2.05) is 20.8 Å². The van der Waals surface area contributed by atoms with Gasteiger partial charge in [-0.3, -0.25) is 0 Å². The van der Waals surface area contributed by atoms with Crippen LogP contribution in [0.3, 0.4) is 0 Å². The standard InChI is InChI=1S/C22H43NO2SSi/c1-11-13-15-18-19(25-27(9,10)21(6,7)8)16-14-17-22(18,12-2)23-26(24)20(3,4)5/h2,18-19,23H,11,13-17H2,1,3-10H3/t18-,19+,22-,26+/m0/s1. The summed E-state index contributed by atoms with van der Waals surface area (Å²) in [5, 5.41) is 0.167. The van der Waals surface area contributed by atoms with E-state index in [4.69, 9.17) is 10.8 Å². The van der Waals surface area contributed by atoms with E-state index >= 15 is 0 Å². The molecule has 1 N–H and O–H groups in total. The fraction of sp³-hybridized carbons (Fsp3) is 0.909. The Morgan fingerprint density at radius 1 is 1.26 bits per heavy atom. The Labute approximate surface area is 172 Å². The van der Waals surface area contributed by atoms with Crippen molar-refractivity contribution < 1.29 is 8.63 Å². The molecule has 0 aromatic carbocycles. The van der Waals surface area contributed by atoms with Gasteiger partial charge < -0.3 is 4.43 Å². The number of rotatable bonds is 7. The zero-order valence-electron chi connectivity index (χ0n) is 19.2. The summed E-state index contributed by atoms with van der Waals surface area (Å²) in [4.78, 5) is 0. The molecule has 1 rings (SSSR count). The highest BCUT2D eigenvalue weighted by atomic mass is 32.2. The predicted octanol–water partition coefficient (Wildman–Crippen LogP) is 5.79. The van der Waals surface area contributed by atoms with Crippen LogP contribution in [0.1, 0.15) is 87.0 Å². The Bertz CT molecular complexity index is 556. The van der Waals surface area contributed by atoms with Crippen LogP contribution in [-0.2, 0) is 15.4 Å². The molecule has 1 aliphatic rings. The maximum atomic E-state index is 12.9. The normalized spacial score (nSPS) is 28.6. The first kappa shape index (κ1) is 24.9. The van der Waals surface area contributed by atoms with Crippen LogP contribution in [0.4, 0.5) is 0 Å². The van der Waals surface area contributed by atoms with Gasteiger partial charge >= 0.3 is 0 Å². The predicted molar refractivity (Wildman–Crippen MR) is 122 cm³/mol. The first-order chi connectivity index (χ1) is 12.2. The molecule has 3 nitrogen and oxygen atoms in total. The maximum absolute atomic E-state index is 12.9. The fourth-order valence-electron chi connectivity index (χ4n) is 3.49. The average Bonchev–Trinajstić information content (AvgIpc) is 2.51. The molecule has 0 heterocycles. The highest BCUT2D eigenvalue weighted by Gasteiger charge is 2.49. The van der Waals surface area contributed by atoms with Gasteiger partial charge in [-0.1, -0.05) is 46.5 Å². The molecule has 0 aromatic heterocycles. The molecule has 1 saturated carbocycles. The smallest absolute Gasteiger partial charge is 0.192 e. The average molecular weight is 414 g/mol. The molecule has 0 bridgehead atoms. The molecule has 0 aliphatic heterocycles. The van der Waals surface area contributed by atoms with Crippen molar-refractivity contribution in [2.45, 2.75) is 122 Å². The van der Waals surface area contributed by atoms with Gasteiger partial charge in [-0.05, 0) is 64.6 Å². The molecule has 0 aromatic rings. The Hall–Kier alpha value is -0.153. The first-order valence-electron chi connectivity index (χ1n) is 10.6. The zero-order valence-corrected chi connectivity index (χ0v) is 21.0. The third-order valence-corrected chi connectivity index (χ3v) is 12.5. The SMILES string of the molecule is C#C[C@]1(N[S@](=O)C(C)(C)C)CCC[C@@H](O[Si](C)(C)C(C)(C)C)[C@@H]1CCCC. The number of hydrogen-bond donors (Lipinski definition) is 1. The summed E-state index contributed by atoms with van der Waals surface area (Å²) in [6.07, 6.45) is 12.5. The zero-order chi connectivity index (χ0) is 21.1. The lowest BCUT2D eigenvalue weighted by atomic mass is 9.70. The van der Waals surface area contributed by atoms with Crippen molar-refractivity contribution in [3.8, 4) is 12.3 Å². The van der Waals surface area contributed by atoms with Crippen molar-refractivity contribution in [3.05, 3.63) is 0 Å². The molecule has 27 heavy (non-hydrogen) atoms. The van der Waals surface area contributed by atoms with Crippen LogP contribution < -0.4 is 4.72 Å². The van der Waals surface area contributed by atoms with Crippen molar-refractivity contribution in [1.82, 2.24) is 4.72 Å². The molecular weight excluding hydrogens is 370 g/mol. The number of nitrogens with one attached hydrogen (secondary N) is 1. The maximum Gasteiger partial charge on any atom is 0.192 e. The number of hydrogen-bond acceptors (Lipinski definition) is 2. The Morgan fingerprint density at radius 2 is 1.85 bits per heavy atom. The Kier molecular flexibility index (Phi) is 8.40. The molecule has 4 atom stereocenters. The summed E-state index contributed by atoms with van der Waals surface area (Å²) in [6, 6.07) is 0. The van der Waals surface area contributed by atoms with E-state index in [0.717, 1.165) is 38.5 Å². The summed E-state index contributed by atoms with van der Waals surface area (Å²) in [5.74, 6) is 3.27. The summed E-state index contributed by atoms with van der Waals surface area (Å²) >= 11 is 0. The molecule has 5 heteroatoms. The van der Waals surface area contributed by atoms with Gasteiger partial charge in [0.15, 0.2) is 8.32 Å². The lowest BCUT2D eigenvalue weighted by molar-refractivity contribution is 0.0350. The van der Waals surface area contributed by atoms with Gasteiger partial charge in [0.1, 0.15) is 0 Å². The van der Waals surface area contributed by atoms with Crippen LogP contribution in [0.2, 0.25) is 18.1 Å². The van der Waals surface area contributed by atoms with E-state index in [1.165, 1.54) is 0 Å². The molecule has 0 spiro atoms. The van der Waals surface area contributed by atoms with Crippen LogP contribution in [-0.4, -0.2) is 28.9 Å². The van der Waals surface area contributed by atoms with E-state index in [1.54, 1.807) is 0 Å². The van der Waals surface area contributed by atoms with E-state index in [9.17, 15) is 4.21 Å². The van der Waals surface area contributed by atoms with Gasteiger partial charge in [0, 0.05) is 5.92 Å². The lowest BCUT2D eigenvalue weighted by Crippen LogP contribution is -2.61. The quantitative estimate of drug-likeness (QED) is 0.424. The topological polar surface area (TPSA) is 38.3 Å². The van der Waals surface area contributed by atoms with Crippen LogP contribution in [0, 0.1) is 18.3 Å². The lowest BCUT2D eigenvalue weighted by Gasteiger charge is -2.49. The Morgan fingerprint density at radius 3 is 2.30 bits per heavy atom. The van der Waals surface area contributed by atoms with Crippen molar-refractivity contribution in [1.29, 1.82) is 0 Å². The van der Waals surface area contributed by atoms with Crippen LogP contribution in [0.25, 0.3) is 0 Å². The van der Waals surface area contributed by atoms with E-state index in [0.29, 0.717) is 0 Å². The minimum Gasteiger partial charge on any atom is -0.414 e. The molecule has 1 aliphatic carbocycles. The molecular formula is C22H43NO2SSi. The first-order valence-corrected chi connectivity index (χ1v) is 14.6. The van der Waals surface area contributed by atoms with E-state index in [-0.39, 0.29) is 21.8 Å². The fourth-order valence-corrected chi connectivity index (χ4v) is 5.83. The van der Waals surface area contributed by atoms with Crippen molar-refractivity contribution in [2.75, 3.05) is 0 Å². The minimum atomic E-state index is -1.90. The molecule has 1 fully saturated rings. The molecule has 158 valence electrons. The second kappa shape index (κ2) is 9.11. The number of terminal acetylenes is 1. The third-order valence-electron chi connectivity index (χ3n) is 6.35. The molecule has 0 saturated heterocycles. The van der Waals surface area contributed by atoms with Crippen molar-refractivity contribution in [2.24, 2.45) is 5.92 Å².